The van der Waals surface area contributed by atoms with E-state index in [2.05, 4.69) is 19.2 Å². The topological polar surface area (TPSA) is 108 Å². The van der Waals surface area contributed by atoms with Crippen LogP contribution in [0.25, 0.3) is 0 Å². The van der Waals surface area contributed by atoms with Gasteiger partial charge in [0.2, 0.25) is 0 Å². The second-order valence-electron chi connectivity index (χ2n) is 6.60. The van der Waals surface area contributed by atoms with Gasteiger partial charge in [0.1, 0.15) is 11.6 Å². The number of anilines is 1. The molecule has 2 rings (SSSR count). The predicted molar refractivity (Wildman–Crippen MR) is 103 cm³/mol. The third-order valence-electron chi connectivity index (χ3n) is 3.82. The number of hydrogen-bond acceptors (Lipinski definition) is 6. The molecule has 0 heterocycles. The molecule has 29 heavy (non-hydrogen) atoms. The number of halogens is 1. The second kappa shape index (κ2) is 10.2. The zero-order chi connectivity index (χ0) is 21.4. The maximum Gasteiger partial charge on any atom is 0.338 e. The number of ether oxygens (including phenoxy) is 2. The molecule has 0 unspecified atom stereocenters. The largest absolute Gasteiger partial charge is 0.494 e. The first-order valence-electron chi connectivity index (χ1n) is 8.90. The Hall–Kier alpha value is -3.49. The number of nitro benzene ring substituents is 1. The molecule has 8 nitrogen and oxygen atoms in total. The highest BCUT2D eigenvalue weighted by molar-refractivity contribution is 5.95. The van der Waals surface area contributed by atoms with Crippen molar-refractivity contribution in [1.29, 1.82) is 0 Å². The summed E-state index contributed by atoms with van der Waals surface area (Å²) >= 11 is 0. The van der Waals surface area contributed by atoms with Gasteiger partial charge in [-0.1, -0.05) is 13.8 Å². The van der Waals surface area contributed by atoms with E-state index in [4.69, 9.17) is 9.47 Å². The van der Waals surface area contributed by atoms with E-state index in [1.54, 1.807) is 12.1 Å². The lowest BCUT2D eigenvalue weighted by molar-refractivity contribution is -0.384. The summed E-state index contributed by atoms with van der Waals surface area (Å²) in [6.07, 6.45) is 0.907. The Kier molecular flexibility index (Phi) is 7.64. The van der Waals surface area contributed by atoms with Crippen LogP contribution in [0, 0.1) is 21.8 Å². The first-order valence-corrected chi connectivity index (χ1v) is 8.90. The molecule has 0 bridgehead atoms. The molecule has 0 aliphatic rings. The minimum absolute atomic E-state index is 0.218. The van der Waals surface area contributed by atoms with Crippen LogP contribution in [0.3, 0.4) is 0 Å². The minimum atomic E-state index is -0.844. The SMILES string of the molecule is CC(C)CCOc1ccc(C(=O)OCC(=O)Nc2cc([N+](=O)[O-])ccc2F)cc1. The summed E-state index contributed by atoms with van der Waals surface area (Å²) in [6.45, 7) is 4.07. The fraction of sp³-hybridized carbons (Fsp3) is 0.300. The van der Waals surface area contributed by atoms with Crippen LogP contribution < -0.4 is 10.1 Å². The van der Waals surface area contributed by atoms with Crippen LogP contribution >= 0.6 is 0 Å². The van der Waals surface area contributed by atoms with Crippen LogP contribution in [0.1, 0.15) is 30.6 Å². The first-order chi connectivity index (χ1) is 13.8. The molecule has 0 atom stereocenters. The monoisotopic (exact) mass is 404 g/mol. The van der Waals surface area contributed by atoms with Crippen molar-refractivity contribution in [3.63, 3.8) is 0 Å². The van der Waals surface area contributed by atoms with E-state index in [0.717, 1.165) is 24.6 Å². The molecule has 0 aliphatic carbocycles. The number of hydrogen-bond donors (Lipinski definition) is 1. The van der Waals surface area contributed by atoms with Crippen molar-refractivity contribution in [1.82, 2.24) is 0 Å². The number of rotatable bonds is 9. The first kappa shape index (κ1) is 21.8. The van der Waals surface area contributed by atoms with E-state index in [1.165, 1.54) is 12.1 Å². The van der Waals surface area contributed by atoms with Crippen molar-refractivity contribution in [2.24, 2.45) is 5.92 Å². The molecule has 1 N–H and O–H groups in total. The highest BCUT2D eigenvalue weighted by Gasteiger charge is 2.15. The molecule has 0 aromatic heterocycles. The summed E-state index contributed by atoms with van der Waals surface area (Å²) < 4.78 is 24.1. The summed E-state index contributed by atoms with van der Waals surface area (Å²) in [5.41, 5.74) is -0.534. The Morgan fingerprint density at radius 3 is 2.48 bits per heavy atom. The van der Waals surface area contributed by atoms with Gasteiger partial charge in [0, 0.05) is 12.1 Å². The van der Waals surface area contributed by atoms with E-state index >= 15 is 0 Å². The fourth-order valence-electron chi connectivity index (χ4n) is 2.22. The zero-order valence-corrected chi connectivity index (χ0v) is 16.0. The highest BCUT2D eigenvalue weighted by atomic mass is 19.1. The molecule has 2 aromatic rings. The van der Waals surface area contributed by atoms with Crippen LogP contribution in [0.15, 0.2) is 42.5 Å². The summed E-state index contributed by atoms with van der Waals surface area (Å²) in [5, 5.41) is 12.9. The number of nitrogens with zero attached hydrogens (tertiary/aromatic N) is 1. The molecule has 0 fully saturated rings. The fourth-order valence-corrected chi connectivity index (χ4v) is 2.22. The number of nitro groups is 1. The Labute approximate surface area is 166 Å². The molecule has 0 saturated heterocycles. The summed E-state index contributed by atoms with van der Waals surface area (Å²) in [4.78, 5) is 33.9. The molecule has 154 valence electrons. The van der Waals surface area contributed by atoms with Gasteiger partial charge in [-0.15, -0.1) is 0 Å². The number of esters is 1. The van der Waals surface area contributed by atoms with E-state index in [0.29, 0.717) is 18.3 Å². The van der Waals surface area contributed by atoms with Crippen LogP contribution in [0.4, 0.5) is 15.8 Å². The number of carbonyl (C=O) groups is 2. The lowest BCUT2D eigenvalue weighted by atomic mass is 10.1. The number of carbonyl (C=O) groups excluding carboxylic acids is 2. The molecule has 2 aromatic carbocycles. The number of benzene rings is 2. The molecule has 0 radical (unpaired) electrons. The average Bonchev–Trinajstić information content (AvgIpc) is 2.68. The second-order valence-corrected chi connectivity index (χ2v) is 6.60. The minimum Gasteiger partial charge on any atom is -0.494 e. The van der Waals surface area contributed by atoms with Gasteiger partial charge in [0.05, 0.1) is 22.8 Å². The molecular formula is C20H21FN2O6. The zero-order valence-electron chi connectivity index (χ0n) is 16.0. The number of non-ortho nitro benzene ring substituents is 1. The lowest BCUT2D eigenvalue weighted by Gasteiger charge is -2.09. The van der Waals surface area contributed by atoms with Crippen LogP contribution in [-0.2, 0) is 9.53 Å². The quantitative estimate of drug-likeness (QED) is 0.385. The van der Waals surface area contributed by atoms with Gasteiger partial charge in [0.15, 0.2) is 6.61 Å². The van der Waals surface area contributed by atoms with Gasteiger partial charge in [0.25, 0.3) is 11.6 Å². The predicted octanol–water partition coefficient (Wildman–Crippen LogP) is 3.95. The Balaban J connectivity index is 1.86. The summed E-state index contributed by atoms with van der Waals surface area (Å²) in [5.74, 6) is -1.28. The lowest BCUT2D eigenvalue weighted by Crippen LogP contribution is -2.21. The Morgan fingerprint density at radius 1 is 1.17 bits per heavy atom. The number of amides is 1. The van der Waals surface area contributed by atoms with Gasteiger partial charge in [-0.3, -0.25) is 14.9 Å². The molecule has 0 saturated carbocycles. The van der Waals surface area contributed by atoms with Gasteiger partial charge >= 0.3 is 5.97 Å². The standard InChI is InChI=1S/C20H21FN2O6/c1-13(2)9-10-28-16-6-3-14(4-7-16)20(25)29-12-19(24)22-18-11-15(23(26)27)5-8-17(18)21/h3-8,11,13H,9-10,12H2,1-2H3,(H,22,24). The Bertz CT molecular complexity index is 883. The van der Waals surface area contributed by atoms with Crippen molar-refractivity contribution >= 4 is 23.3 Å². The van der Waals surface area contributed by atoms with E-state index in [9.17, 15) is 24.1 Å². The van der Waals surface area contributed by atoms with Crippen molar-refractivity contribution in [2.75, 3.05) is 18.5 Å². The molecule has 9 heteroatoms. The van der Waals surface area contributed by atoms with Gasteiger partial charge in [-0.2, -0.15) is 0 Å². The number of nitrogens with one attached hydrogen (secondary N) is 1. The van der Waals surface area contributed by atoms with E-state index in [-0.39, 0.29) is 16.9 Å². The maximum absolute atomic E-state index is 13.7. The van der Waals surface area contributed by atoms with Crippen LogP contribution in [0.2, 0.25) is 0 Å². The highest BCUT2D eigenvalue weighted by Crippen LogP contribution is 2.21. The molecular weight excluding hydrogens is 383 g/mol. The van der Waals surface area contributed by atoms with Crippen molar-refractivity contribution in [2.45, 2.75) is 20.3 Å². The van der Waals surface area contributed by atoms with Crippen LogP contribution in [0.5, 0.6) is 5.75 Å². The van der Waals surface area contributed by atoms with Gasteiger partial charge < -0.3 is 14.8 Å². The Morgan fingerprint density at radius 2 is 1.86 bits per heavy atom. The third kappa shape index (κ3) is 6.87. The van der Waals surface area contributed by atoms with Gasteiger partial charge in [-0.05, 0) is 42.7 Å². The maximum atomic E-state index is 13.7. The molecule has 0 aliphatic heterocycles. The summed E-state index contributed by atoms with van der Waals surface area (Å²) in [6, 6.07) is 8.97. The van der Waals surface area contributed by atoms with Gasteiger partial charge in [-0.25, -0.2) is 9.18 Å². The van der Waals surface area contributed by atoms with Crippen molar-refractivity contribution in [3.8, 4) is 5.75 Å². The molecule has 0 spiro atoms. The molecule has 1 amide bonds. The van der Waals surface area contributed by atoms with Crippen LogP contribution in [-0.4, -0.2) is 30.0 Å². The third-order valence-corrected chi connectivity index (χ3v) is 3.82. The van der Waals surface area contributed by atoms with Crippen molar-refractivity contribution in [3.05, 3.63) is 64.0 Å². The normalized spacial score (nSPS) is 10.5. The van der Waals surface area contributed by atoms with Crippen molar-refractivity contribution < 1.29 is 28.4 Å². The van der Waals surface area contributed by atoms with E-state index < -0.39 is 29.2 Å². The average molecular weight is 404 g/mol. The van der Waals surface area contributed by atoms with E-state index in [1.807, 2.05) is 0 Å². The summed E-state index contributed by atoms with van der Waals surface area (Å²) in [7, 11) is 0. The smallest absolute Gasteiger partial charge is 0.338 e.